The fourth-order valence-corrected chi connectivity index (χ4v) is 4.15. The quantitative estimate of drug-likeness (QED) is 0.412. The van der Waals surface area contributed by atoms with Gasteiger partial charge >= 0.3 is 5.97 Å². The number of ether oxygens (including phenoxy) is 1. The van der Waals surface area contributed by atoms with Crippen molar-refractivity contribution >= 4 is 74.3 Å². The molecule has 9 heteroatoms. The molecule has 0 aliphatic rings. The van der Waals surface area contributed by atoms with Crippen molar-refractivity contribution in [1.29, 1.82) is 0 Å². The van der Waals surface area contributed by atoms with E-state index in [2.05, 4.69) is 4.99 Å². The average Bonchev–Trinajstić information content (AvgIpc) is 3.01. The number of halogens is 3. The first-order chi connectivity index (χ1) is 13.4. The number of benzene rings is 2. The van der Waals surface area contributed by atoms with E-state index in [0.717, 1.165) is 4.70 Å². The van der Waals surface area contributed by atoms with Crippen LogP contribution in [0.3, 0.4) is 0 Å². The number of amides is 1. The van der Waals surface area contributed by atoms with E-state index >= 15 is 0 Å². The number of fused-ring (bicyclic) bond motifs is 1. The second-order valence-electron chi connectivity index (χ2n) is 5.56. The van der Waals surface area contributed by atoms with Gasteiger partial charge in [-0.15, -0.1) is 0 Å². The van der Waals surface area contributed by atoms with Crippen LogP contribution in [0.25, 0.3) is 16.3 Å². The first-order valence-corrected chi connectivity index (χ1v) is 9.91. The van der Waals surface area contributed by atoms with Crippen LogP contribution in [-0.4, -0.2) is 23.6 Å². The highest BCUT2D eigenvalue weighted by molar-refractivity contribution is 7.16. The van der Waals surface area contributed by atoms with E-state index in [4.69, 9.17) is 39.5 Å². The Kier molecular flexibility index (Phi) is 6.57. The van der Waals surface area contributed by atoms with Gasteiger partial charge in [-0.1, -0.05) is 64.3 Å². The summed E-state index contributed by atoms with van der Waals surface area (Å²) in [7, 11) is 1.28. The molecule has 3 rings (SSSR count). The Balaban J connectivity index is 2.07. The molecule has 1 aromatic heterocycles. The SMILES string of the molecule is COC(=O)Cn1c(=NC(=O)/C=C/c2ccccc2Cl)sc2ccc(Cl)c(Cl)c21. The van der Waals surface area contributed by atoms with Gasteiger partial charge in [-0.25, -0.2) is 0 Å². The van der Waals surface area contributed by atoms with Crippen molar-refractivity contribution in [1.82, 2.24) is 4.57 Å². The van der Waals surface area contributed by atoms with Gasteiger partial charge in [0.25, 0.3) is 5.91 Å². The molecule has 0 bridgehead atoms. The van der Waals surface area contributed by atoms with Gasteiger partial charge in [0, 0.05) is 11.1 Å². The molecule has 0 aliphatic heterocycles. The van der Waals surface area contributed by atoms with E-state index in [0.29, 0.717) is 25.9 Å². The van der Waals surface area contributed by atoms with Crippen molar-refractivity contribution in [2.24, 2.45) is 4.99 Å². The minimum atomic E-state index is -0.507. The van der Waals surface area contributed by atoms with Crippen molar-refractivity contribution in [2.45, 2.75) is 6.54 Å². The summed E-state index contributed by atoms with van der Waals surface area (Å²) < 4.78 is 6.99. The Labute approximate surface area is 179 Å². The van der Waals surface area contributed by atoms with Crippen molar-refractivity contribution in [3.05, 3.63) is 67.9 Å². The Morgan fingerprint density at radius 3 is 2.61 bits per heavy atom. The first kappa shape index (κ1) is 20.6. The predicted octanol–water partition coefficient (Wildman–Crippen LogP) is 4.98. The molecule has 28 heavy (non-hydrogen) atoms. The molecule has 0 spiro atoms. The molecule has 0 saturated heterocycles. The summed E-state index contributed by atoms with van der Waals surface area (Å²) in [5.74, 6) is -1.01. The molecule has 0 aliphatic carbocycles. The smallest absolute Gasteiger partial charge is 0.325 e. The molecule has 5 nitrogen and oxygen atoms in total. The van der Waals surface area contributed by atoms with Gasteiger partial charge in [0.15, 0.2) is 4.80 Å². The fraction of sp³-hybridized carbons (Fsp3) is 0.105. The molecule has 2 aromatic carbocycles. The molecular formula is C19H13Cl3N2O3S. The first-order valence-electron chi connectivity index (χ1n) is 7.96. The van der Waals surface area contributed by atoms with Crippen molar-refractivity contribution in [3.8, 4) is 0 Å². The van der Waals surface area contributed by atoms with Crippen molar-refractivity contribution < 1.29 is 14.3 Å². The number of methoxy groups -OCH3 is 1. The number of carbonyl (C=O) groups is 2. The highest BCUT2D eigenvalue weighted by atomic mass is 35.5. The Morgan fingerprint density at radius 2 is 1.89 bits per heavy atom. The number of esters is 1. The van der Waals surface area contributed by atoms with Crippen LogP contribution in [0.1, 0.15) is 5.56 Å². The van der Waals surface area contributed by atoms with Gasteiger partial charge in [-0.3, -0.25) is 9.59 Å². The molecule has 3 aromatic rings. The molecule has 144 valence electrons. The lowest BCUT2D eigenvalue weighted by Crippen LogP contribution is -2.22. The van der Waals surface area contributed by atoms with Crippen molar-refractivity contribution in [3.63, 3.8) is 0 Å². The predicted molar refractivity (Wildman–Crippen MR) is 113 cm³/mol. The Hall–Kier alpha value is -2.12. The van der Waals surface area contributed by atoms with Gasteiger partial charge in [0.05, 0.1) is 27.4 Å². The highest BCUT2D eigenvalue weighted by Crippen LogP contribution is 2.32. The third-order valence-corrected chi connectivity index (χ3v) is 5.95. The van der Waals surface area contributed by atoms with E-state index in [1.165, 1.54) is 29.1 Å². The lowest BCUT2D eigenvalue weighted by molar-refractivity contribution is -0.141. The molecular weight excluding hydrogens is 443 g/mol. The van der Waals surface area contributed by atoms with Crippen LogP contribution < -0.4 is 4.80 Å². The zero-order chi connectivity index (χ0) is 20.3. The summed E-state index contributed by atoms with van der Waals surface area (Å²) >= 11 is 19.7. The molecule has 0 fully saturated rings. The maximum absolute atomic E-state index is 12.4. The number of nitrogens with zero attached hydrogens (tertiary/aromatic N) is 2. The summed E-state index contributed by atoms with van der Waals surface area (Å²) in [5.41, 5.74) is 1.22. The van der Waals surface area contributed by atoms with E-state index < -0.39 is 11.9 Å². The number of hydrogen-bond donors (Lipinski definition) is 0. The number of hydrogen-bond acceptors (Lipinski definition) is 4. The average molecular weight is 456 g/mol. The topological polar surface area (TPSA) is 60.7 Å². The van der Waals surface area contributed by atoms with Crippen LogP contribution in [0.15, 0.2) is 47.5 Å². The monoisotopic (exact) mass is 454 g/mol. The Bertz CT molecular complexity index is 1160. The minimum Gasteiger partial charge on any atom is -0.468 e. The fourth-order valence-electron chi connectivity index (χ4n) is 2.43. The lowest BCUT2D eigenvalue weighted by atomic mass is 10.2. The number of aromatic nitrogens is 1. The van der Waals surface area contributed by atoms with Crippen LogP contribution >= 0.6 is 46.1 Å². The summed E-state index contributed by atoms with van der Waals surface area (Å²) in [6, 6.07) is 10.5. The van der Waals surface area contributed by atoms with Crippen LogP contribution in [0.5, 0.6) is 0 Å². The van der Waals surface area contributed by atoms with Gasteiger partial charge < -0.3 is 9.30 Å². The maximum atomic E-state index is 12.4. The minimum absolute atomic E-state index is 0.156. The number of carbonyl (C=O) groups excluding carboxylic acids is 2. The largest absolute Gasteiger partial charge is 0.468 e. The van der Waals surface area contributed by atoms with E-state index in [9.17, 15) is 9.59 Å². The summed E-state index contributed by atoms with van der Waals surface area (Å²) in [4.78, 5) is 28.6. The van der Waals surface area contributed by atoms with E-state index in [1.807, 2.05) is 6.07 Å². The van der Waals surface area contributed by atoms with Crippen LogP contribution in [0, 0.1) is 0 Å². The maximum Gasteiger partial charge on any atom is 0.325 e. The van der Waals surface area contributed by atoms with Gasteiger partial charge in [-0.2, -0.15) is 4.99 Å². The van der Waals surface area contributed by atoms with E-state index in [-0.39, 0.29) is 11.6 Å². The number of rotatable bonds is 4. The summed E-state index contributed by atoms with van der Waals surface area (Å²) in [6.07, 6.45) is 2.89. The number of thiazole rings is 1. The van der Waals surface area contributed by atoms with Gasteiger partial charge in [0.1, 0.15) is 6.54 Å². The van der Waals surface area contributed by atoms with Crippen molar-refractivity contribution in [2.75, 3.05) is 7.11 Å². The second-order valence-corrected chi connectivity index (χ2v) is 7.76. The van der Waals surface area contributed by atoms with Crippen LogP contribution in [0.4, 0.5) is 0 Å². The van der Waals surface area contributed by atoms with Gasteiger partial charge in [-0.05, 0) is 29.8 Å². The third kappa shape index (κ3) is 4.47. The van der Waals surface area contributed by atoms with Crippen LogP contribution in [0.2, 0.25) is 15.1 Å². The zero-order valence-corrected chi connectivity index (χ0v) is 17.6. The highest BCUT2D eigenvalue weighted by Gasteiger charge is 2.15. The zero-order valence-electron chi connectivity index (χ0n) is 14.5. The lowest BCUT2D eigenvalue weighted by Gasteiger charge is -2.05. The molecule has 0 atom stereocenters. The van der Waals surface area contributed by atoms with Gasteiger partial charge in [0.2, 0.25) is 0 Å². The molecule has 0 N–H and O–H groups in total. The molecule has 1 amide bonds. The normalized spacial score (nSPS) is 12.1. The molecule has 0 saturated carbocycles. The van der Waals surface area contributed by atoms with Crippen LogP contribution in [-0.2, 0) is 20.9 Å². The molecule has 0 unspecified atom stereocenters. The Morgan fingerprint density at radius 1 is 1.14 bits per heavy atom. The second kappa shape index (κ2) is 8.92. The van der Waals surface area contributed by atoms with E-state index in [1.54, 1.807) is 36.4 Å². The molecule has 1 heterocycles. The summed E-state index contributed by atoms with van der Waals surface area (Å²) in [6.45, 7) is -0.156. The third-order valence-electron chi connectivity index (χ3n) is 3.77. The summed E-state index contributed by atoms with van der Waals surface area (Å²) in [5, 5.41) is 1.14. The standard InChI is InChI=1S/C19H13Cl3N2O3S/c1-27-16(26)10-24-18-14(8-7-13(21)17(18)22)28-19(24)23-15(25)9-6-11-4-2-3-5-12(11)20/h2-9H,10H2,1H3/b9-6+,23-19?. The molecule has 0 radical (unpaired) electrons.